The zero-order chi connectivity index (χ0) is 14.1. The van der Waals surface area contributed by atoms with E-state index in [1.165, 1.54) is 28.7 Å². The predicted octanol–water partition coefficient (Wildman–Crippen LogP) is 3.37. The van der Waals surface area contributed by atoms with Crippen LogP contribution in [0.2, 0.25) is 0 Å². The zero-order valence-corrected chi connectivity index (χ0v) is 11.7. The van der Waals surface area contributed by atoms with Crippen LogP contribution in [-0.4, -0.2) is 10.9 Å². The van der Waals surface area contributed by atoms with Crippen molar-refractivity contribution in [1.82, 2.24) is 0 Å². The summed E-state index contributed by atoms with van der Waals surface area (Å²) in [5.74, 6) is -0.628. The Morgan fingerprint density at radius 1 is 1.15 bits per heavy atom. The third-order valence-electron chi connectivity index (χ3n) is 2.67. The van der Waals surface area contributed by atoms with Crippen molar-refractivity contribution in [1.29, 1.82) is 0 Å². The van der Waals surface area contributed by atoms with Gasteiger partial charge in [0, 0.05) is 6.07 Å². The average molecular weight is 304 g/mol. The van der Waals surface area contributed by atoms with Crippen LogP contribution in [0.3, 0.4) is 0 Å². The number of carbonyl (C=O) groups is 1. The first kappa shape index (κ1) is 12.8. The largest absolute Gasteiger partial charge is 0.507 e. The van der Waals surface area contributed by atoms with E-state index in [0.29, 0.717) is 9.75 Å². The fourth-order valence-corrected chi connectivity index (χ4v) is 3.11. The molecule has 0 saturated carbocycles. The smallest absolute Gasteiger partial charge is 0.351 e. The minimum atomic E-state index is -0.827. The molecule has 20 heavy (non-hydrogen) atoms. The van der Waals surface area contributed by atoms with Crippen molar-refractivity contribution in [2.24, 2.45) is 0 Å². The first-order valence-electron chi connectivity index (χ1n) is 5.66. The Morgan fingerprint density at radius 3 is 2.50 bits per heavy atom. The summed E-state index contributed by atoms with van der Waals surface area (Å²) in [6, 6.07) is 8.18. The Kier molecular flexibility index (Phi) is 3.25. The lowest BCUT2D eigenvalue weighted by Gasteiger charge is -2.02. The van der Waals surface area contributed by atoms with Crippen molar-refractivity contribution in [3.8, 4) is 16.4 Å². The van der Waals surface area contributed by atoms with Gasteiger partial charge in [-0.1, -0.05) is 12.1 Å². The molecule has 4 nitrogen and oxygen atoms in total. The first-order chi connectivity index (χ1) is 9.66. The fourth-order valence-electron chi connectivity index (χ4n) is 1.76. The normalized spacial score (nSPS) is 10.6. The van der Waals surface area contributed by atoms with Gasteiger partial charge in [0.1, 0.15) is 5.75 Å². The molecule has 0 unspecified atom stereocenters. The molecule has 0 fully saturated rings. The van der Waals surface area contributed by atoms with E-state index in [2.05, 4.69) is 0 Å². The Hall–Kier alpha value is -2.18. The summed E-state index contributed by atoms with van der Waals surface area (Å²) in [4.78, 5) is 25.2. The van der Waals surface area contributed by atoms with Gasteiger partial charge in [-0.3, -0.25) is 4.79 Å². The molecule has 0 aliphatic heterocycles. The van der Waals surface area contributed by atoms with Crippen LogP contribution < -0.4 is 5.63 Å². The summed E-state index contributed by atoms with van der Waals surface area (Å²) in [5, 5.41) is 13.5. The molecule has 0 aliphatic carbocycles. The molecule has 0 radical (unpaired) electrons. The maximum absolute atomic E-state index is 12.1. The van der Waals surface area contributed by atoms with Crippen LogP contribution in [-0.2, 0) is 0 Å². The Labute approximate surface area is 121 Å². The second kappa shape index (κ2) is 5.07. The van der Waals surface area contributed by atoms with Crippen molar-refractivity contribution in [2.75, 3.05) is 0 Å². The van der Waals surface area contributed by atoms with Gasteiger partial charge < -0.3 is 9.52 Å². The topological polar surface area (TPSA) is 67.5 Å². The van der Waals surface area contributed by atoms with Crippen LogP contribution >= 0.6 is 22.7 Å². The van der Waals surface area contributed by atoms with Gasteiger partial charge in [0.05, 0.1) is 9.75 Å². The van der Waals surface area contributed by atoms with Gasteiger partial charge >= 0.3 is 5.63 Å². The maximum atomic E-state index is 12.1. The number of hydrogen-bond donors (Lipinski definition) is 1. The lowest BCUT2D eigenvalue weighted by Crippen LogP contribution is -2.14. The fraction of sp³-hybridized carbons (Fsp3) is 0. The van der Waals surface area contributed by atoms with E-state index in [-0.39, 0.29) is 17.1 Å². The summed E-state index contributed by atoms with van der Waals surface area (Å²) in [6.07, 6.45) is 0. The van der Waals surface area contributed by atoms with Crippen LogP contribution in [0.1, 0.15) is 15.2 Å². The molecule has 1 N–H and O–H groups in total. The summed E-state index contributed by atoms with van der Waals surface area (Å²) in [5.41, 5.74) is -1.15. The highest BCUT2D eigenvalue weighted by atomic mass is 32.1. The molecule has 100 valence electrons. The SMILES string of the molecule is O=C(c1cccs1)c1c(O)cc(-c2cccs2)oc1=O. The van der Waals surface area contributed by atoms with Gasteiger partial charge in [0.15, 0.2) is 11.3 Å². The van der Waals surface area contributed by atoms with Crippen molar-refractivity contribution in [2.45, 2.75) is 0 Å². The Morgan fingerprint density at radius 2 is 1.90 bits per heavy atom. The summed E-state index contributed by atoms with van der Waals surface area (Å²) < 4.78 is 5.13. The van der Waals surface area contributed by atoms with E-state index in [4.69, 9.17) is 4.42 Å². The molecule has 0 atom stereocenters. The third-order valence-corrected chi connectivity index (χ3v) is 4.42. The lowest BCUT2D eigenvalue weighted by molar-refractivity contribution is 0.103. The molecule has 0 aliphatic rings. The number of thiophene rings is 2. The minimum absolute atomic E-state index is 0.255. The molecule has 6 heteroatoms. The van der Waals surface area contributed by atoms with Crippen LogP contribution in [0.25, 0.3) is 10.6 Å². The molecule has 0 aromatic carbocycles. The van der Waals surface area contributed by atoms with Crippen molar-refractivity contribution in [3.63, 3.8) is 0 Å². The molecule has 0 bridgehead atoms. The van der Waals surface area contributed by atoms with E-state index >= 15 is 0 Å². The first-order valence-corrected chi connectivity index (χ1v) is 7.42. The minimum Gasteiger partial charge on any atom is -0.507 e. The average Bonchev–Trinajstić information content (AvgIpc) is 3.11. The quantitative estimate of drug-likeness (QED) is 0.753. The van der Waals surface area contributed by atoms with Gasteiger partial charge in [-0.05, 0) is 22.9 Å². The summed E-state index contributed by atoms with van der Waals surface area (Å²) in [6.45, 7) is 0. The van der Waals surface area contributed by atoms with Crippen LogP contribution in [0.4, 0.5) is 0 Å². The van der Waals surface area contributed by atoms with Gasteiger partial charge in [-0.25, -0.2) is 4.79 Å². The summed E-state index contributed by atoms with van der Waals surface area (Å²) in [7, 11) is 0. The molecule has 3 heterocycles. The van der Waals surface area contributed by atoms with Gasteiger partial charge in [0.2, 0.25) is 5.78 Å². The van der Waals surface area contributed by atoms with Crippen LogP contribution in [0.5, 0.6) is 5.75 Å². The van der Waals surface area contributed by atoms with Gasteiger partial charge in [0.25, 0.3) is 0 Å². The van der Waals surface area contributed by atoms with E-state index in [9.17, 15) is 14.7 Å². The monoisotopic (exact) mass is 304 g/mol. The number of aromatic hydroxyl groups is 1. The second-order valence-electron chi connectivity index (χ2n) is 3.94. The third kappa shape index (κ3) is 2.19. The number of carbonyl (C=O) groups excluding carboxylic acids is 1. The highest BCUT2D eigenvalue weighted by Crippen LogP contribution is 2.28. The molecule has 3 aromatic rings. The Bertz CT molecular complexity index is 798. The molecular formula is C14H8O4S2. The molecule has 3 rings (SSSR count). The van der Waals surface area contributed by atoms with Gasteiger partial charge in [-0.15, -0.1) is 22.7 Å². The number of rotatable bonds is 3. The number of ketones is 1. The van der Waals surface area contributed by atoms with Crippen LogP contribution in [0, 0.1) is 0 Å². The van der Waals surface area contributed by atoms with E-state index in [1.807, 2.05) is 11.4 Å². The van der Waals surface area contributed by atoms with E-state index < -0.39 is 11.4 Å². The standard InChI is InChI=1S/C14H8O4S2/c15-8-7-9(10-3-1-5-19-10)18-14(17)12(8)13(16)11-4-2-6-20-11/h1-7,15H. The predicted molar refractivity (Wildman–Crippen MR) is 77.7 cm³/mol. The van der Waals surface area contributed by atoms with Crippen molar-refractivity contribution < 1.29 is 14.3 Å². The maximum Gasteiger partial charge on any atom is 0.351 e. The van der Waals surface area contributed by atoms with Crippen molar-refractivity contribution >= 4 is 28.5 Å². The lowest BCUT2D eigenvalue weighted by atomic mass is 10.1. The van der Waals surface area contributed by atoms with E-state index in [1.54, 1.807) is 23.6 Å². The second-order valence-corrected chi connectivity index (χ2v) is 5.84. The van der Waals surface area contributed by atoms with Crippen LogP contribution in [0.15, 0.2) is 50.3 Å². The molecule has 0 saturated heterocycles. The highest BCUT2D eigenvalue weighted by Gasteiger charge is 2.21. The van der Waals surface area contributed by atoms with Crippen molar-refractivity contribution in [3.05, 3.63) is 62.0 Å². The molecule has 0 amide bonds. The van der Waals surface area contributed by atoms with E-state index in [0.717, 1.165) is 0 Å². The number of hydrogen-bond acceptors (Lipinski definition) is 6. The van der Waals surface area contributed by atoms with Gasteiger partial charge in [-0.2, -0.15) is 0 Å². The molecule has 3 aromatic heterocycles. The zero-order valence-electron chi connectivity index (χ0n) is 10.0. The molecule has 0 spiro atoms. The summed E-state index contributed by atoms with van der Waals surface area (Å²) >= 11 is 2.58. The Balaban J connectivity index is 2.10. The molecular weight excluding hydrogens is 296 g/mol. The highest BCUT2D eigenvalue weighted by molar-refractivity contribution is 7.13.